The summed E-state index contributed by atoms with van der Waals surface area (Å²) in [6.45, 7) is 0. The van der Waals surface area contributed by atoms with Crippen LogP contribution in [0.2, 0.25) is 0 Å². The standard InChI is InChI=1S/C16H12FN3O2/c17-12-2-1-3-14(8-12)19-10-11(9-18)16(22)20-13-4-6-15(21)7-5-13/h1-8,10,19,21H,(H,20,22)/b11-10-. The van der Waals surface area contributed by atoms with E-state index >= 15 is 0 Å². The lowest BCUT2D eigenvalue weighted by Gasteiger charge is -2.05. The minimum Gasteiger partial charge on any atom is -0.508 e. The van der Waals surface area contributed by atoms with Crippen molar-refractivity contribution in [3.63, 3.8) is 0 Å². The number of amides is 1. The first-order valence-corrected chi connectivity index (χ1v) is 6.31. The molecule has 0 saturated heterocycles. The molecule has 0 unspecified atom stereocenters. The third-order valence-electron chi connectivity index (χ3n) is 2.70. The van der Waals surface area contributed by atoms with Crippen molar-refractivity contribution in [2.24, 2.45) is 0 Å². The van der Waals surface area contributed by atoms with Crippen LogP contribution < -0.4 is 10.6 Å². The number of hydrogen-bond donors (Lipinski definition) is 3. The summed E-state index contributed by atoms with van der Waals surface area (Å²) >= 11 is 0. The van der Waals surface area contributed by atoms with Crippen molar-refractivity contribution in [2.45, 2.75) is 0 Å². The number of anilines is 2. The Kier molecular flexibility index (Phi) is 4.73. The maximum atomic E-state index is 13.0. The van der Waals surface area contributed by atoms with Crippen LogP contribution in [-0.2, 0) is 4.79 Å². The molecule has 2 aromatic rings. The number of carbonyl (C=O) groups is 1. The van der Waals surface area contributed by atoms with Gasteiger partial charge in [0, 0.05) is 17.6 Å². The zero-order valence-electron chi connectivity index (χ0n) is 11.4. The number of rotatable bonds is 4. The fourth-order valence-corrected chi connectivity index (χ4v) is 1.63. The predicted molar refractivity (Wildman–Crippen MR) is 80.5 cm³/mol. The third-order valence-corrected chi connectivity index (χ3v) is 2.70. The lowest BCUT2D eigenvalue weighted by molar-refractivity contribution is -0.112. The van der Waals surface area contributed by atoms with Gasteiger partial charge < -0.3 is 15.7 Å². The number of phenols is 1. The molecular formula is C16H12FN3O2. The first-order chi connectivity index (χ1) is 10.6. The van der Waals surface area contributed by atoms with E-state index < -0.39 is 11.7 Å². The van der Waals surface area contributed by atoms with E-state index in [-0.39, 0.29) is 11.3 Å². The first kappa shape index (κ1) is 15.1. The molecular weight excluding hydrogens is 285 g/mol. The van der Waals surface area contributed by atoms with Crippen molar-refractivity contribution in [1.82, 2.24) is 0 Å². The summed E-state index contributed by atoms with van der Waals surface area (Å²) in [7, 11) is 0. The maximum Gasteiger partial charge on any atom is 0.267 e. The molecule has 1 amide bonds. The lowest BCUT2D eigenvalue weighted by atomic mass is 10.2. The zero-order valence-corrected chi connectivity index (χ0v) is 11.4. The minimum atomic E-state index is -0.614. The van der Waals surface area contributed by atoms with Crippen molar-refractivity contribution in [3.05, 3.63) is 66.1 Å². The summed E-state index contributed by atoms with van der Waals surface area (Å²) in [5, 5.41) is 23.4. The van der Waals surface area contributed by atoms with E-state index in [4.69, 9.17) is 10.4 Å². The summed E-state index contributed by atoms with van der Waals surface area (Å²) < 4.78 is 13.0. The van der Waals surface area contributed by atoms with Gasteiger partial charge in [-0.3, -0.25) is 4.79 Å². The predicted octanol–water partition coefficient (Wildman–Crippen LogP) is 2.99. The highest BCUT2D eigenvalue weighted by molar-refractivity contribution is 6.06. The van der Waals surface area contributed by atoms with Crippen molar-refractivity contribution in [3.8, 4) is 11.8 Å². The fourth-order valence-electron chi connectivity index (χ4n) is 1.63. The van der Waals surface area contributed by atoms with E-state index in [9.17, 15) is 9.18 Å². The molecule has 0 bridgehead atoms. The highest BCUT2D eigenvalue weighted by Crippen LogP contribution is 2.15. The van der Waals surface area contributed by atoms with Crippen LogP contribution in [0.1, 0.15) is 0 Å². The van der Waals surface area contributed by atoms with Gasteiger partial charge in [-0.2, -0.15) is 5.26 Å². The number of nitrogens with zero attached hydrogens (tertiary/aromatic N) is 1. The maximum absolute atomic E-state index is 13.0. The second-order valence-electron chi connectivity index (χ2n) is 4.33. The van der Waals surface area contributed by atoms with E-state index in [2.05, 4.69) is 10.6 Å². The van der Waals surface area contributed by atoms with Gasteiger partial charge in [0.25, 0.3) is 5.91 Å². The quantitative estimate of drug-likeness (QED) is 0.460. The summed E-state index contributed by atoms with van der Waals surface area (Å²) in [5.74, 6) is -0.968. The van der Waals surface area contributed by atoms with Gasteiger partial charge in [-0.05, 0) is 42.5 Å². The Bertz CT molecular complexity index is 749. The van der Waals surface area contributed by atoms with Gasteiger partial charge in [-0.15, -0.1) is 0 Å². The smallest absolute Gasteiger partial charge is 0.267 e. The average molecular weight is 297 g/mol. The van der Waals surface area contributed by atoms with Gasteiger partial charge in [0.05, 0.1) is 0 Å². The van der Waals surface area contributed by atoms with Crippen molar-refractivity contribution >= 4 is 17.3 Å². The molecule has 0 heterocycles. The van der Waals surface area contributed by atoms with Crippen LogP contribution in [0, 0.1) is 17.1 Å². The molecule has 3 N–H and O–H groups in total. The lowest BCUT2D eigenvalue weighted by Crippen LogP contribution is -2.14. The average Bonchev–Trinajstić information content (AvgIpc) is 2.50. The molecule has 22 heavy (non-hydrogen) atoms. The van der Waals surface area contributed by atoms with Crippen molar-refractivity contribution < 1.29 is 14.3 Å². The van der Waals surface area contributed by atoms with Gasteiger partial charge in [-0.25, -0.2) is 4.39 Å². The molecule has 2 rings (SSSR count). The molecule has 0 aliphatic carbocycles. The van der Waals surface area contributed by atoms with Crippen LogP contribution >= 0.6 is 0 Å². The topological polar surface area (TPSA) is 85.2 Å². The van der Waals surface area contributed by atoms with E-state index in [1.807, 2.05) is 0 Å². The molecule has 5 nitrogen and oxygen atoms in total. The molecule has 6 heteroatoms. The van der Waals surface area contributed by atoms with Crippen LogP contribution in [0.4, 0.5) is 15.8 Å². The van der Waals surface area contributed by atoms with E-state index in [0.717, 1.165) is 0 Å². The summed E-state index contributed by atoms with van der Waals surface area (Å²) in [4.78, 5) is 11.9. The largest absolute Gasteiger partial charge is 0.508 e. The number of hydrogen-bond acceptors (Lipinski definition) is 4. The normalized spacial score (nSPS) is 10.6. The number of aromatic hydroxyl groups is 1. The zero-order chi connectivity index (χ0) is 15.9. The summed E-state index contributed by atoms with van der Waals surface area (Å²) in [5.41, 5.74) is 0.692. The highest BCUT2D eigenvalue weighted by Gasteiger charge is 2.09. The van der Waals surface area contributed by atoms with Crippen LogP contribution in [0.5, 0.6) is 5.75 Å². The monoisotopic (exact) mass is 297 g/mol. The number of halogens is 1. The Morgan fingerprint density at radius 3 is 2.55 bits per heavy atom. The fraction of sp³-hybridized carbons (Fsp3) is 0. The van der Waals surface area contributed by atoms with Crippen LogP contribution in [0.15, 0.2) is 60.3 Å². The molecule has 0 saturated carbocycles. The molecule has 0 fully saturated rings. The number of nitrogens with one attached hydrogen (secondary N) is 2. The Balaban J connectivity index is 2.07. The van der Waals surface area contributed by atoms with Crippen molar-refractivity contribution in [1.29, 1.82) is 5.26 Å². The molecule has 110 valence electrons. The van der Waals surface area contributed by atoms with Gasteiger partial charge in [0.1, 0.15) is 23.2 Å². The molecule has 0 aliphatic rings. The molecule has 0 aromatic heterocycles. The van der Waals surface area contributed by atoms with E-state index in [1.54, 1.807) is 12.1 Å². The van der Waals surface area contributed by atoms with E-state index in [1.165, 1.54) is 48.7 Å². The molecule has 0 atom stereocenters. The highest BCUT2D eigenvalue weighted by atomic mass is 19.1. The van der Waals surface area contributed by atoms with Gasteiger partial charge in [0.2, 0.25) is 0 Å². The van der Waals surface area contributed by atoms with Gasteiger partial charge in [-0.1, -0.05) is 6.07 Å². The van der Waals surface area contributed by atoms with Crippen LogP contribution in [-0.4, -0.2) is 11.0 Å². The van der Waals surface area contributed by atoms with Crippen LogP contribution in [0.3, 0.4) is 0 Å². The Morgan fingerprint density at radius 2 is 1.91 bits per heavy atom. The second-order valence-corrected chi connectivity index (χ2v) is 4.33. The minimum absolute atomic E-state index is 0.0711. The number of carbonyl (C=O) groups excluding carboxylic acids is 1. The molecule has 2 aromatic carbocycles. The third kappa shape index (κ3) is 4.08. The SMILES string of the molecule is N#C/C(=C/Nc1cccc(F)c1)C(=O)Nc1ccc(O)cc1. The Morgan fingerprint density at radius 1 is 1.18 bits per heavy atom. The van der Waals surface area contributed by atoms with Crippen molar-refractivity contribution in [2.75, 3.05) is 10.6 Å². The first-order valence-electron chi connectivity index (χ1n) is 6.31. The van der Waals surface area contributed by atoms with Gasteiger partial charge >= 0.3 is 0 Å². The van der Waals surface area contributed by atoms with E-state index in [0.29, 0.717) is 11.4 Å². The molecule has 0 radical (unpaired) electrons. The summed E-state index contributed by atoms with van der Waals surface area (Å²) in [6.07, 6.45) is 1.20. The van der Waals surface area contributed by atoms with Crippen LogP contribution in [0.25, 0.3) is 0 Å². The molecule has 0 aliphatic heterocycles. The second kappa shape index (κ2) is 6.90. The van der Waals surface area contributed by atoms with Gasteiger partial charge in [0.15, 0.2) is 0 Å². The Hall–Kier alpha value is -3.33. The number of benzene rings is 2. The number of nitriles is 1. The summed E-state index contributed by atoms with van der Waals surface area (Å²) in [6, 6.07) is 13.2. The molecule has 0 spiro atoms. The number of phenolic OH excluding ortho intramolecular Hbond substituents is 1. The Labute approximate surface area is 126 Å².